The zero-order chi connectivity index (χ0) is 15.2. The van der Waals surface area contributed by atoms with E-state index in [-0.39, 0.29) is 24.4 Å². The van der Waals surface area contributed by atoms with Gasteiger partial charge >= 0.3 is 5.97 Å². The largest absolute Gasteiger partial charge is 0.478 e. The van der Waals surface area contributed by atoms with Crippen molar-refractivity contribution in [1.82, 2.24) is 15.5 Å². The van der Waals surface area contributed by atoms with Gasteiger partial charge in [-0.1, -0.05) is 5.16 Å². The summed E-state index contributed by atoms with van der Waals surface area (Å²) < 4.78 is 9.75. The van der Waals surface area contributed by atoms with Crippen LogP contribution in [0, 0.1) is 0 Å². The van der Waals surface area contributed by atoms with E-state index in [9.17, 15) is 9.59 Å². The Morgan fingerprint density at radius 1 is 1.43 bits per heavy atom. The van der Waals surface area contributed by atoms with Gasteiger partial charge in [-0.2, -0.15) is 0 Å². The molecule has 2 aromatic heterocycles. The standard InChI is InChI=1S/C13H13N3O5/c1-20-7-10-5-11(16-21-10)12(17)15-6-9-4-8(13(18)19)2-3-14-9/h2-5H,6-7H2,1H3,(H,15,17)(H,18,19). The third-order valence-electron chi connectivity index (χ3n) is 2.57. The van der Waals surface area contributed by atoms with Crippen LogP contribution in [0.2, 0.25) is 0 Å². The number of carbonyl (C=O) groups excluding carboxylic acids is 1. The smallest absolute Gasteiger partial charge is 0.335 e. The van der Waals surface area contributed by atoms with Gasteiger partial charge in [0.2, 0.25) is 0 Å². The predicted molar refractivity (Wildman–Crippen MR) is 69.6 cm³/mol. The highest BCUT2D eigenvalue weighted by Gasteiger charge is 2.12. The highest BCUT2D eigenvalue weighted by atomic mass is 16.5. The Kier molecular flexibility index (Phi) is 4.62. The molecule has 0 aliphatic carbocycles. The maximum absolute atomic E-state index is 11.8. The lowest BCUT2D eigenvalue weighted by molar-refractivity contribution is 0.0696. The fourth-order valence-electron chi connectivity index (χ4n) is 1.60. The van der Waals surface area contributed by atoms with Crippen molar-refractivity contribution in [1.29, 1.82) is 0 Å². The number of hydrogen-bond acceptors (Lipinski definition) is 6. The number of aromatic carboxylic acids is 1. The van der Waals surface area contributed by atoms with Crippen LogP contribution in [0.5, 0.6) is 0 Å². The average molecular weight is 291 g/mol. The van der Waals surface area contributed by atoms with Crippen LogP contribution in [-0.2, 0) is 17.9 Å². The molecule has 0 aliphatic rings. The van der Waals surface area contributed by atoms with Crippen molar-refractivity contribution in [2.24, 2.45) is 0 Å². The van der Waals surface area contributed by atoms with Crippen molar-refractivity contribution >= 4 is 11.9 Å². The summed E-state index contributed by atoms with van der Waals surface area (Å²) in [5.41, 5.74) is 0.665. The maximum Gasteiger partial charge on any atom is 0.335 e. The normalized spacial score (nSPS) is 10.3. The Balaban J connectivity index is 1.97. The van der Waals surface area contributed by atoms with Gasteiger partial charge in [0.15, 0.2) is 11.5 Å². The minimum Gasteiger partial charge on any atom is -0.478 e. The van der Waals surface area contributed by atoms with Crippen LogP contribution >= 0.6 is 0 Å². The third-order valence-corrected chi connectivity index (χ3v) is 2.57. The van der Waals surface area contributed by atoms with Gasteiger partial charge in [-0.25, -0.2) is 4.79 Å². The van der Waals surface area contributed by atoms with Crippen molar-refractivity contribution in [3.05, 3.63) is 47.1 Å². The fourth-order valence-corrected chi connectivity index (χ4v) is 1.60. The first-order chi connectivity index (χ1) is 10.1. The minimum atomic E-state index is -1.05. The molecule has 0 bridgehead atoms. The second-order valence-electron chi connectivity index (χ2n) is 4.14. The zero-order valence-electron chi connectivity index (χ0n) is 11.2. The van der Waals surface area contributed by atoms with Gasteiger partial charge in [-0.05, 0) is 12.1 Å². The van der Waals surface area contributed by atoms with Crippen LogP contribution in [0.25, 0.3) is 0 Å². The molecule has 21 heavy (non-hydrogen) atoms. The van der Waals surface area contributed by atoms with Crippen molar-refractivity contribution in [3.8, 4) is 0 Å². The van der Waals surface area contributed by atoms with Crippen LogP contribution in [0.3, 0.4) is 0 Å². The fraction of sp³-hybridized carbons (Fsp3) is 0.231. The Morgan fingerprint density at radius 2 is 2.24 bits per heavy atom. The molecule has 0 radical (unpaired) electrons. The van der Waals surface area contributed by atoms with Gasteiger partial charge in [-0.15, -0.1) is 0 Å². The predicted octanol–water partition coefficient (Wildman–Crippen LogP) is 0.844. The number of carboxylic acids is 1. The molecule has 8 nitrogen and oxygen atoms in total. The molecule has 0 fully saturated rings. The molecule has 1 amide bonds. The number of methoxy groups -OCH3 is 1. The van der Waals surface area contributed by atoms with E-state index in [1.54, 1.807) is 0 Å². The average Bonchev–Trinajstić information content (AvgIpc) is 2.94. The van der Waals surface area contributed by atoms with Gasteiger partial charge in [-0.3, -0.25) is 9.78 Å². The van der Waals surface area contributed by atoms with Crippen molar-refractivity contribution in [2.75, 3.05) is 7.11 Å². The van der Waals surface area contributed by atoms with Gasteiger partial charge in [0.1, 0.15) is 6.61 Å². The number of carboxylic acid groups (broad SMARTS) is 1. The number of rotatable bonds is 6. The molecular formula is C13H13N3O5. The van der Waals surface area contributed by atoms with E-state index in [4.69, 9.17) is 14.4 Å². The molecule has 8 heteroatoms. The third kappa shape index (κ3) is 3.86. The molecular weight excluding hydrogens is 278 g/mol. The van der Waals surface area contributed by atoms with Crippen LogP contribution in [0.15, 0.2) is 28.9 Å². The van der Waals surface area contributed by atoms with Crippen molar-refractivity contribution < 1.29 is 24.0 Å². The molecule has 0 saturated carbocycles. The Bertz CT molecular complexity index is 653. The quantitative estimate of drug-likeness (QED) is 0.810. The Morgan fingerprint density at radius 3 is 2.95 bits per heavy atom. The molecule has 0 aromatic carbocycles. The molecule has 2 rings (SSSR count). The summed E-state index contributed by atoms with van der Waals surface area (Å²) in [5, 5.41) is 15.1. The first-order valence-electron chi connectivity index (χ1n) is 6.01. The summed E-state index contributed by atoms with van der Waals surface area (Å²) in [5.74, 6) is -1.05. The molecule has 0 unspecified atom stereocenters. The summed E-state index contributed by atoms with van der Waals surface area (Å²) in [6.07, 6.45) is 1.37. The van der Waals surface area contributed by atoms with E-state index in [0.29, 0.717) is 11.5 Å². The summed E-state index contributed by atoms with van der Waals surface area (Å²) in [4.78, 5) is 26.6. The van der Waals surface area contributed by atoms with E-state index in [1.165, 1.54) is 31.5 Å². The second-order valence-corrected chi connectivity index (χ2v) is 4.14. The van der Waals surface area contributed by atoms with Crippen LogP contribution in [-0.4, -0.2) is 34.2 Å². The molecule has 2 aromatic rings. The highest BCUT2D eigenvalue weighted by molar-refractivity contribution is 5.92. The lowest BCUT2D eigenvalue weighted by Crippen LogP contribution is -2.23. The lowest BCUT2D eigenvalue weighted by atomic mass is 10.2. The molecule has 0 saturated heterocycles. The van der Waals surface area contributed by atoms with E-state index >= 15 is 0 Å². The SMILES string of the molecule is COCc1cc(C(=O)NCc2cc(C(=O)O)ccn2)no1. The number of aromatic nitrogens is 2. The second kappa shape index (κ2) is 6.62. The van der Waals surface area contributed by atoms with Crippen LogP contribution in [0.1, 0.15) is 32.3 Å². The molecule has 0 spiro atoms. The summed E-state index contributed by atoms with van der Waals surface area (Å²) in [6, 6.07) is 4.24. The Hall–Kier alpha value is -2.74. The van der Waals surface area contributed by atoms with Crippen molar-refractivity contribution in [2.45, 2.75) is 13.2 Å². The number of nitrogens with zero attached hydrogens (tertiary/aromatic N) is 2. The van der Waals surface area contributed by atoms with Gasteiger partial charge in [0.05, 0.1) is 17.8 Å². The molecule has 0 atom stereocenters. The van der Waals surface area contributed by atoms with Crippen LogP contribution in [0.4, 0.5) is 0 Å². The number of amides is 1. The van der Waals surface area contributed by atoms with E-state index in [1.807, 2.05) is 0 Å². The monoisotopic (exact) mass is 291 g/mol. The molecule has 2 heterocycles. The number of ether oxygens (including phenoxy) is 1. The highest BCUT2D eigenvalue weighted by Crippen LogP contribution is 2.06. The number of pyridine rings is 1. The maximum atomic E-state index is 11.8. The summed E-state index contributed by atoms with van der Waals surface area (Å²) in [6.45, 7) is 0.314. The van der Waals surface area contributed by atoms with Crippen LogP contribution < -0.4 is 5.32 Å². The van der Waals surface area contributed by atoms with Crippen molar-refractivity contribution in [3.63, 3.8) is 0 Å². The van der Waals surface area contributed by atoms with E-state index in [0.717, 1.165) is 0 Å². The van der Waals surface area contributed by atoms with Gasteiger partial charge in [0.25, 0.3) is 5.91 Å². The summed E-state index contributed by atoms with van der Waals surface area (Å²) >= 11 is 0. The van der Waals surface area contributed by atoms with E-state index in [2.05, 4.69) is 15.5 Å². The number of carbonyl (C=O) groups is 2. The number of nitrogens with one attached hydrogen (secondary N) is 1. The van der Waals surface area contributed by atoms with Gasteiger partial charge < -0.3 is 19.7 Å². The lowest BCUT2D eigenvalue weighted by Gasteiger charge is -2.03. The van der Waals surface area contributed by atoms with E-state index < -0.39 is 11.9 Å². The van der Waals surface area contributed by atoms with Gasteiger partial charge in [0, 0.05) is 19.4 Å². The first-order valence-corrected chi connectivity index (χ1v) is 6.01. The number of hydrogen-bond donors (Lipinski definition) is 2. The zero-order valence-corrected chi connectivity index (χ0v) is 11.2. The summed E-state index contributed by atoms with van der Waals surface area (Å²) in [7, 11) is 1.50. The minimum absolute atomic E-state index is 0.0897. The first kappa shape index (κ1) is 14.7. The molecule has 110 valence electrons. The topological polar surface area (TPSA) is 115 Å². The Labute approximate surface area is 119 Å². The molecule has 0 aliphatic heterocycles. The molecule has 2 N–H and O–H groups in total.